The standard InChI is InChI=1S/C10H20N2O/c1-4-12(6-5-11)7-8-13-9-10(2)3/h10H,4,6-9H2,1-3H3. The van der Waals surface area contributed by atoms with Gasteiger partial charge >= 0.3 is 0 Å². The van der Waals surface area contributed by atoms with Gasteiger partial charge in [0, 0.05) is 13.2 Å². The maximum atomic E-state index is 8.48. The highest BCUT2D eigenvalue weighted by Crippen LogP contribution is 1.93. The highest BCUT2D eigenvalue weighted by molar-refractivity contribution is 4.75. The van der Waals surface area contributed by atoms with Gasteiger partial charge in [-0.25, -0.2) is 0 Å². The maximum Gasteiger partial charge on any atom is 0.0866 e. The molecule has 0 fully saturated rings. The van der Waals surface area contributed by atoms with Crippen molar-refractivity contribution in [3.05, 3.63) is 0 Å². The number of rotatable bonds is 7. The molecule has 0 radical (unpaired) electrons. The largest absolute Gasteiger partial charge is 0.380 e. The number of likely N-dealkylation sites (N-methyl/N-ethyl adjacent to an activating group) is 1. The predicted molar refractivity (Wildman–Crippen MR) is 53.4 cm³/mol. The first-order valence-corrected chi connectivity index (χ1v) is 4.87. The van der Waals surface area contributed by atoms with Crippen LogP contribution < -0.4 is 0 Å². The van der Waals surface area contributed by atoms with Crippen LogP contribution in [-0.4, -0.2) is 37.7 Å². The number of hydrogen-bond donors (Lipinski definition) is 0. The van der Waals surface area contributed by atoms with E-state index in [1.54, 1.807) is 0 Å². The molecule has 0 bridgehead atoms. The number of nitriles is 1. The van der Waals surface area contributed by atoms with Crippen LogP contribution in [0.1, 0.15) is 20.8 Å². The molecule has 0 unspecified atom stereocenters. The van der Waals surface area contributed by atoms with Crippen molar-refractivity contribution < 1.29 is 4.74 Å². The molecule has 0 saturated heterocycles. The van der Waals surface area contributed by atoms with Crippen LogP contribution in [0.3, 0.4) is 0 Å². The fraction of sp³-hybridized carbons (Fsp3) is 0.900. The summed E-state index contributed by atoms with van der Waals surface area (Å²) < 4.78 is 5.42. The van der Waals surface area contributed by atoms with Gasteiger partial charge < -0.3 is 4.74 Å². The molecule has 0 saturated carbocycles. The van der Waals surface area contributed by atoms with Crippen molar-refractivity contribution >= 4 is 0 Å². The monoisotopic (exact) mass is 184 g/mol. The summed E-state index contributed by atoms with van der Waals surface area (Å²) in [5.41, 5.74) is 0. The van der Waals surface area contributed by atoms with Crippen molar-refractivity contribution in [1.29, 1.82) is 5.26 Å². The molecule has 0 aliphatic rings. The smallest absolute Gasteiger partial charge is 0.0866 e. The van der Waals surface area contributed by atoms with E-state index < -0.39 is 0 Å². The van der Waals surface area contributed by atoms with Crippen LogP contribution >= 0.6 is 0 Å². The molecule has 13 heavy (non-hydrogen) atoms. The average Bonchev–Trinajstić information content (AvgIpc) is 2.10. The Hall–Kier alpha value is -0.590. The summed E-state index contributed by atoms with van der Waals surface area (Å²) in [6, 6.07) is 2.14. The van der Waals surface area contributed by atoms with Crippen molar-refractivity contribution in [1.82, 2.24) is 4.90 Å². The fourth-order valence-corrected chi connectivity index (χ4v) is 0.962. The highest BCUT2D eigenvalue weighted by Gasteiger charge is 2.00. The topological polar surface area (TPSA) is 36.3 Å². The molecule has 0 aromatic rings. The highest BCUT2D eigenvalue weighted by atomic mass is 16.5. The van der Waals surface area contributed by atoms with Crippen LogP contribution in [0, 0.1) is 17.2 Å². The minimum absolute atomic E-state index is 0.502. The first-order valence-electron chi connectivity index (χ1n) is 4.87. The SMILES string of the molecule is CCN(CC#N)CCOCC(C)C. The summed E-state index contributed by atoms with van der Waals surface area (Å²) in [5, 5.41) is 8.48. The van der Waals surface area contributed by atoms with Crippen molar-refractivity contribution in [2.24, 2.45) is 5.92 Å². The van der Waals surface area contributed by atoms with Crippen molar-refractivity contribution in [2.45, 2.75) is 20.8 Å². The molecule has 0 aliphatic heterocycles. The lowest BCUT2D eigenvalue weighted by Gasteiger charge is -2.16. The van der Waals surface area contributed by atoms with Crippen LogP contribution in [0.15, 0.2) is 0 Å². The van der Waals surface area contributed by atoms with Gasteiger partial charge in [-0.3, -0.25) is 4.90 Å². The maximum absolute atomic E-state index is 8.48. The third-order valence-electron chi connectivity index (χ3n) is 1.74. The second-order valence-corrected chi connectivity index (χ2v) is 3.50. The summed E-state index contributed by atoms with van der Waals surface area (Å²) in [6.45, 7) is 10.1. The van der Waals surface area contributed by atoms with Crippen LogP contribution in [0.2, 0.25) is 0 Å². The Labute approximate surface area is 81.3 Å². The van der Waals surface area contributed by atoms with Gasteiger partial charge in [0.25, 0.3) is 0 Å². The lowest BCUT2D eigenvalue weighted by molar-refractivity contribution is 0.0899. The fourth-order valence-electron chi connectivity index (χ4n) is 0.962. The molecule has 0 aliphatic carbocycles. The van der Waals surface area contributed by atoms with E-state index in [0.29, 0.717) is 12.5 Å². The molecule has 0 heterocycles. The van der Waals surface area contributed by atoms with Crippen molar-refractivity contribution in [3.8, 4) is 6.07 Å². The van der Waals surface area contributed by atoms with E-state index >= 15 is 0 Å². The minimum atomic E-state index is 0.502. The summed E-state index contributed by atoms with van der Waals surface area (Å²) >= 11 is 0. The van der Waals surface area contributed by atoms with Gasteiger partial charge in [-0.15, -0.1) is 0 Å². The van der Waals surface area contributed by atoms with Crippen LogP contribution in [0.5, 0.6) is 0 Å². The Morgan fingerprint density at radius 1 is 1.46 bits per heavy atom. The summed E-state index contributed by atoms with van der Waals surface area (Å²) in [5.74, 6) is 0.589. The number of nitrogens with zero attached hydrogens (tertiary/aromatic N) is 2. The van der Waals surface area contributed by atoms with Gasteiger partial charge in [-0.2, -0.15) is 5.26 Å². The van der Waals surface area contributed by atoms with Gasteiger partial charge in [0.1, 0.15) is 0 Å². The Bertz CT molecular complexity index is 151. The lowest BCUT2D eigenvalue weighted by Crippen LogP contribution is -2.28. The van der Waals surface area contributed by atoms with E-state index in [9.17, 15) is 0 Å². The number of hydrogen-bond acceptors (Lipinski definition) is 3. The third kappa shape index (κ3) is 7.76. The summed E-state index contributed by atoms with van der Waals surface area (Å²) in [4.78, 5) is 2.07. The van der Waals surface area contributed by atoms with Crippen LogP contribution in [-0.2, 0) is 4.74 Å². The second-order valence-electron chi connectivity index (χ2n) is 3.50. The quantitative estimate of drug-likeness (QED) is 0.444. The Morgan fingerprint density at radius 3 is 2.62 bits per heavy atom. The molecular formula is C10H20N2O. The Morgan fingerprint density at radius 2 is 2.15 bits per heavy atom. The molecule has 3 nitrogen and oxygen atoms in total. The Balaban J connectivity index is 3.34. The van der Waals surface area contributed by atoms with Crippen molar-refractivity contribution in [2.75, 3.05) is 32.8 Å². The normalized spacial score (nSPS) is 10.8. The molecule has 3 heteroatoms. The van der Waals surface area contributed by atoms with E-state index in [4.69, 9.17) is 10.00 Å². The van der Waals surface area contributed by atoms with E-state index in [0.717, 1.165) is 26.3 Å². The second kappa shape index (κ2) is 8.03. The van der Waals surface area contributed by atoms with Crippen LogP contribution in [0.25, 0.3) is 0 Å². The zero-order chi connectivity index (χ0) is 10.1. The lowest BCUT2D eigenvalue weighted by atomic mass is 10.2. The van der Waals surface area contributed by atoms with Crippen LogP contribution in [0.4, 0.5) is 0 Å². The predicted octanol–water partition coefficient (Wildman–Crippen LogP) is 1.50. The first kappa shape index (κ1) is 12.4. The molecule has 0 N–H and O–H groups in total. The van der Waals surface area contributed by atoms with Gasteiger partial charge in [0.05, 0.1) is 19.2 Å². The molecule has 0 aromatic heterocycles. The van der Waals surface area contributed by atoms with E-state index in [1.165, 1.54) is 0 Å². The molecule has 0 rings (SSSR count). The average molecular weight is 184 g/mol. The molecule has 0 atom stereocenters. The molecule has 0 aromatic carbocycles. The van der Waals surface area contributed by atoms with E-state index in [1.807, 2.05) is 0 Å². The molecule has 76 valence electrons. The first-order chi connectivity index (χ1) is 6.20. The van der Waals surface area contributed by atoms with Gasteiger partial charge in [-0.05, 0) is 12.5 Å². The summed E-state index contributed by atoms with van der Waals surface area (Å²) in [7, 11) is 0. The third-order valence-corrected chi connectivity index (χ3v) is 1.74. The zero-order valence-corrected chi connectivity index (χ0v) is 8.92. The zero-order valence-electron chi connectivity index (χ0n) is 8.92. The molecule has 0 amide bonds. The van der Waals surface area contributed by atoms with Gasteiger partial charge in [0.15, 0.2) is 0 Å². The number of ether oxygens (including phenoxy) is 1. The van der Waals surface area contributed by atoms with Crippen molar-refractivity contribution in [3.63, 3.8) is 0 Å². The van der Waals surface area contributed by atoms with E-state index in [2.05, 4.69) is 31.7 Å². The Kier molecular flexibility index (Phi) is 7.66. The van der Waals surface area contributed by atoms with Gasteiger partial charge in [0.2, 0.25) is 0 Å². The van der Waals surface area contributed by atoms with Gasteiger partial charge in [-0.1, -0.05) is 20.8 Å². The summed E-state index contributed by atoms with van der Waals surface area (Å²) in [6.07, 6.45) is 0. The van der Waals surface area contributed by atoms with E-state index in [-0.39, 0.29) is 0 Å². The molecular weight excluding hydrogens is 164 g/mol. The molecule has 0 spiro atoms. The minimum Gasteiger partial charge on any atom is -0.380 e.